The van der Waals surface area contributed by atoms with E-state index >= 15 is 0 Å². The van der Waals surface area contributed by atoms with Gasteiger partial charge in [0.1, 0.15) is 0 Å². The molecule has 1 aromatic heterocycles. The van der Waals surface area contributed by atoms with Crippen molar-refractivity contribution in [3.63, 3.8) is 0 Å². The fourth-order valence-corrected chi connectivity index (χ4v) is 2.66. The summed E-state index contributed by atoms with van der Waals surface area (Å²) in [5.41, 5.74) is 8.11. The van der Waals surface area contributed by atoms with E-state index in [9.17, 15) is 8.78 Å². The summed E-state index contributed by atoms with van der Waals surface area (Å²) < 4.78 is 29.1. The van der Waals surface area contributed by atoms with Crippen molar-refractivity contribution >= 4 is 10.9 Å². The molecule has 0 spiro atoms. The van der Waals surface area contributed by atoms with Gasteiger partial charge in [-0.15, -0.1) is 0 Å². The first-order valence-corrected chi connectivity index (χ1v) is 6.90. The molecule has 2 aromatic carbocycles. The zero-order valence-electron chi connectivity index (χ0n) is 11.5. The average Bonchev–Trinajstić information content (AvgIpc) is 2.83. The van der Waals surface area contributed by atoms with Crippen LogP contribution in [0, 0.1) is 11.6 Å². The van der Waals surface area contributed by atoms with Crippen molar-refractivity contribution in [1.29, 1.82) is 0 Å². The maximum atomic E-state index is 13.8. The van der Waals surface area contributed by atoms with Crippen LogP contribution in [0.15, 0.2) is 48.7 Å². The lowest BCUT2D eigenvalue weighted by molar-refractivity contribution is 0.496. The van der Waals surface area contributed by atoms with Crippen LogP contribution >= 0.6 is 0 Å². The lowest BCUT2D eigenvalue weighted by Crippen LogP contribution is -2.03. The second-order valence-corrected chi connectivity index (χ2v) is 5.05. The smallest absolute Gasteiger partial charge is 0.163 e. The lowest BCUT2D eigenvalue weighted by atomic mass is 10.1. The molecule has 0 fully saturated rings. The molecule has 0 amide bonds. The highest BCUT2D eigenvalue weighted by Crippen LogP contribution is 2.23. The van der Waals surface area contributed by atoms with Gasteiger partial charge in [-0.2, -0.15) is 0 Å². The van der Waals surface area contributed by atoms with Crippen molar-refractivity contribution in [3.8, 4) is 0 Å². The van der Waals surface area contributed by atoms with Gasteiger partial charge in [-0.3, -0.25) is 0 Å². The van der Waals surface area contributed by atoms with Gasteiger partial charge < -0.3 is 10.3 Å². The third-order valence-electron chi connectivity index (χ3n) is 3.66. The van der Waals surface area contributed by atoms with Crippen molar-refractivity contribution in [1.82, 2.24) is 4.57 Å². The Balaban J connectivity index is 2.06. The Hall–Kier alpha value is -2.20. The van der Waals surface area contributed by atoms with Gasteiger partial charge >= 0.3 is 0 Å². The molecule has 21 heavy (non-hydrogen) atoms. The summed E-state index contributed by atoms with van der Waals surface area (Å²) in [7, 11) is 0. The molecule has 0 bridgehead atoms. The maximum absolute atomic E-state index is 13.8. The maximum Gasteiger partial charge on any atom is 0.163 e. The van der Waals surface area contributed by atoms with E-state index in [4.69, 9.17) is 5.73 Å². The minimum Gasteiger partial charge on any atom is -0.343 e. The molecule has 2 N–H and O–H groups in total. The number of para-hydroxylation sites is 1. The van der Waals surface area contributed by atoms with E-state index < -0.39 is 11.6 Å². The predicted octanol–water partition coefficient (Wildman–Crippen LogP) is 3.47. The molecule has 3 aromatic rings. The average molecular weight is 286 g/mol. The number of hydrogen-bond donors (Lipinski definition) is 1. The van der Waals surface area contributed by atoms with E-state index in [2.05, 4.69) is 0 Å². The number of halogens is 2. The van der Waals surface area contributed by atoms with Crippen molar-refractivity contribution in [2.24, 2.45) is 5.73 Å². The zero-order valence-corrected chi connectivity index (χ0v) is 11.5. The number of nitrogens with two attached hydrogens (primary N) is 1. The van der Waals surface area contributed by atoms with Crippen LogP contribution in [0.1, 0.15) is 11.1 Å². The first-order chi connectivity index (χ1) is 10.2. The van der Waals surface area contributed by atoms with E-state index in [-0.39, 0.29) is 0 Å². The lowest BCUT2D eigenvalue weighted by Gasteiger charge is -2.07. The zero-order chi connectivity index (χ0) is 14.8. The van der Waals surface area contributed by atoms with E-state index in [1.807, 2.05) is 35.0 Å². The summed E-state index contributed by atoms with van der Waals surface area (Å²) in [5, 5.41) is 1.11. The summed E-state index contributed by atoms with van der Waals surface area (Å²) in [5.74, 6) is -1.60. The van der Waals surface area contributed by atoms with E-state index in [0.717, 1.165) is 29.0 Å². The second kappa shape index (κ2) is 5.66. The molecule has 0 atom stereocenters. The molecule has 4 heteroatoms. The molecule has 0 saturated carbocycles. The normalized spacial score (nSPS) is 11.2. The van der Waals surface area contributed by atoms with Gasteiger partial charge in [0.25, 0.3) is 0 Å². The number of rotatable bonds is 4. The topological polar surface area (TPSA) is 30.9 Å². The summed E-state index contributed by atoms with van der Waals surface area (Å²) >= 11 is 0. The molecule has 0 unspecified atom stereocenters. The minimum absolute atomic E-state index is 0.300. The van der Waals surface area contributed by atoms with Gasteiger partial charge in [-0.25, -0.2) is 8.78 Å². The van der Waals surface area contributed by atoms with Gasteiger partial charge in [-0.1, -0.05) is 30.3 Å². The fourth-order valence-electron chi connectivity index (χ4n) is 2.66. The van der Waals surface area contributed by atoms with Gasteiger partial charge in [0, 0.05) is 22.7 Å². The largest absolute Gasteiger partial charge is 0.343 e. The van der Waals surface area contributed by atoms with Crippen LogP contribution in [0.2, 0.25) is 0 Å². The second-order valence-electron chi connectivity index (χ2n) is 5.05. The molecule has 1 heterocycles. The fraction of sp³-hybridized carbons (Fsp3) is 0.176. The van der Waals surface area contributed by atoms with Crippen molar-refractivity contribution < 1.29 is 8.78 Å². The van der Waals surface area contributed by atoms with Crippen LogP contribution in [0.5, 0.6) is 0 Å². The Morgan fingerprint density at radius 3 is 2.57 bits per heavy atom. The molecule has 108 valence electrons. The SMILES string of the molecule is NCCc1cn(Cc2cccc(F)c2F)c2ccccc12. The summed E-state index contributed by atoms with van der Waals surface area (Å²) in [6.07, 6.45) is 2.74. The Labute approximate surface area is 121 Å². The molecule has 0 radical (unpaired) electrons. The number of hydrogen-bond acceptors (Lipinski definition) is 1. The van der Waals surface area contributed by atoms with Gasteiger partial charge in [0.15, 0.2) is 11.6 Å². The van der Waals surface area contributed by atoms with Crippen molar-refractivity contribution in [2.45, 2.75) is 13.0 Å². The summed E-state index contributed by atoms with van der Waals surface area (Å²) in [6.45, 7) is 0.858. The number of aromatic nitrogens is 1. The Morgan fingerprint density at radius 1 is 0.952 bits per heavy atom. The van der Waals surface area contributed by atoms with E-state index in [1.165, 1.54) is 6.07 Å². The molecule has 3 rings (SSSR count). The van der Waals surface area contributed by atoms with Crippen LogP contribution < -0.4 is 5.73 Å². The summed E-state index contributed by atoms with van der Waals surface area (Å²) in [6, 6.07) is 12.2. The van der Waals surface area contributed by atoms with Crippen molar-refractivity contribution in [2.75, 3.05) is 6.54 Å². The molecule has 0 aliphatic rings. The Morgan fingerprint density at radius 2 is 1.76 bits per heavy atom. The van der Waals surface area contributed by atoms with E-state index in [0.29, 0.717) is 18.7 Å². The minimum atomic E-state index is -0.814. The Bertz CT molecular complexity index is 778. The summed E-state index contributed by atoms with van der Waals surface area (Å²) in [4.78, 5) is 0. The first-order valence-electron chi connectivity index (χ1n) is 6.90. The van der Waals surface area contributed by atoms with E-state index in [1.54, 1.807) is 6.07 Å². The van der Waals surface area contributed by atoms with Gasteiger partial charge in [0.2, 0.25) is 0 Å². The van der Waals surface area contributed by atoms with Crippen molar-refractivity contribution in [3.05, 3.63) is 71.4 Å². The highest BCUT2D eigenvalue weighted by atomic mass is 19.2. The van der Waals surface area contributed by atoms with Crippen LogP contribution in [0.4, 0.5) is 8.78 Å². The molecular formula is C17H16F2N2. The number of fused-ring (bicyclic) bond motifs is 1. The molecular weight excluding hydrogens is 270 g/mol. The van der Waals surface area contributed by atoms with Gasteiger partial charge in [-0.05, 0) is 30.7 Å². The van der Waals surface area contributed by atoms with Crippen LogP contribution in [0.3, 0.4) is 0 Å². The Kier molecular flexibility index (Phi) is 3.71. The highest BCUT2D eigenvalue weighted by Gasteiger charge is 2.11. The molecule has 0 saturated heterocycles. The number of nitrogens with zero attached hydrogens (tertiary/aromatic N) is 1. The third kappa shape index (κ3) is 2.54. The molecule has 2 nitrogen and oxygen atoms in total. The first kappa shape index (κ1) is 13.8. The molecule has 0 aliphatic carbocycles. The van der Waals surface area contributed by atoms with Crippen LogP contribution in [0.25, 0.3) is 10.9 Å². The standard InChI is InChI=1S/C17H16F2N2/c18-15-6-3-4-13(17(15)19)11-21-10-12(8-9-20)14-5-1-2-7-16(14)21/h1-7,10H,8-9,11,20H2. The molecule has 0 aliphatic heterocycles. The quantitative estimate of drug-likeness (QED) is 0.782. The van der Waals surface area contributed by atoms with Crippen LogP contribution in [-0.2, 0) is 13.0 Å². The highest BCUT2D eigenvalue weighted by molar-refractivity contribution is 5.84. The van der Waals surface area contributed by atoms with Gasteiger partial charge in [0.05, 0.1) is 6.54 Å². The predicted molar refractivity (Wildman–Crippen MR) is 80.2 cm³/mol. The monoisotopic (exact) mass is 286 g/mol. The van der Waals surface area contributed by atoms with Crippen LogP contribution in [-0.4, -0.2) is 11.1 Å². The third-order valence-corrected chi connectivity index (χ3v) is 3.66. The number of benzene rings is 2.